The van der Waals surface area contributed by atoms with E-state index in [0.29, 0.717) is 13.0 Å². The van der Waals surface area contributed by atoms with Crippen molar-refractivity contribution in [3.63, 3.8) is 0 Å². The van der Waals surface area contributed by atoms with Crippen molar-refractivity contribution in [3.8, 4) is 0 Å². The lowest BCUT2D eigenvalue weighted by molar-refractivity contribution is -0.128. The molecule has 1 spiro atoms. The maximum atomic E-state index is 12.5. The third-order valence-corrected chi connectivity index (χ3v) is 5.74. The maximum Gasteiger partial charge on any atom is 0.225 e. The highest BCUT2D eigenvalue weighted by atomic mass is 32.1. The minimum Gasteiger partial charge on any atom is -0.340 e. The van der Waals surface area contributed by atoms with Crippen molar-refractivity contribution in [2.45, 2.75) is 33.2 Å². The van der Waals surface area contributed by atoms with Gasteiger partial charge in [-0.1, -0.05) is 0 Å². The van der Waals surface area contributed by atoms with Gasteiger partial charge in [0, 0.05) is 49.2 Å². The predicted octanol–water partition coefficient (Wildman–Crippen LogP) is 2.18. The van der Waals surface area contributed by atoms with Gasteiger partial charge in [0.05, 0.1) is 17.2 Å². The van der Waals surface area contributed by atoms with Gasteiger partial charge in [-0.15, -0.1) is 11.3 Å². The Morgan fingerprint density at radius 3 is 2.75 bits per heavy atom. The number of carbonyl (C=O) groups is 1. The van der Waals surface area contributed by atoms with Gasteiger partial charge in [-0.25, -0.2) is 15.0 Å². The SMILES string of the molecule is Cc1cnc(N2CC[C@@]3(CC(=O)N(Cc4csc(C)n4)C3)C2)nc1. The fraction of sp³-hybridized carbons (Fsp3) is 0.529. The van der Waals surface area contributed by atoms with E-state index in [1.807, 2.05) is 31.1 Å². The monoisotopic (exact) mass is 343 g/mol. The van der Waals surface area contributed by atoms with E-state index in [1.54, 1.807) is 11.3 Å². The third kappa shape index (κ3) is 2.88. The summed E-state index contributed by atoms with van der Waals surface area (Å²) < 4.78 is 0. The molecule has 2 aromatic rings. The summed E-state index contributed by atoms with van der Waals surface area (Å²) in [5.74, 6) is 1.02. The Morgan fingerprint density at radius 2 is 2.04 bits per heavy atom. The highest BCUT2D eigenvalue weighted by Gasteiger charge is 2.47. The molecule has 4 heterocycles. The maximum absolute atomic E-state index is 12.5. The highest BCUT2D eigenvalue weighted by Crippen LogP contribution is 2.41. The van der Waals surface area contributed by atoms with Crippen LogP contribution in [-0.4, -0.2) is 45.4 Å². The number of amides is 1. The van der Waals surface area contributed by atoms with E-state index < -0.39 is 0 Å². The van der Waals surface area contributed by atoms with E-state index >= 15 is 0 Å². The molecule has 0 unspecified atom stereocenters. The zero-order valence-corrected chi connectivity index (χ0v) is 14.8. The summed E-state index contributed by atoms with van der Waals surface area (Å²) in [5.41, 5.74) is 2.10. The summed E-state index contributed by atoms with van der Waals surface area (Å²) in [6, 6.07) is 0. The van der Waals surface area contributed by atoms with Crippen LogP contribution >= 0.6 is 11.3 Å². The molecule has 6 nitrogen and oxygen atoms in total. The van der Waals surface area contributed by atoms with Gasteiger partial charge in [0.1, 0.15) is 0 Å². The Bertz CT molecular complexity index is 759. The number of thiazole rings is 1. The molecule has 4 rings (SSSR count). The minimum atomic E-state index is 0.0381. The number of nitrogens with zero attached hydrogens (tertiary/aromatic N) is 5. The zero-order valence-electron chi connectivity index (χ0n) is 14.0. The number of anilines is 1. The van der Waals surface area contributed by atoms with E-state index in [9.17, 15) is 4.79 Å². The molecule has 0 bridgehead atoms. The average molecular weight is 343 g/mol. The van der Waals surface area contributed by atoms with Gasteiger partial charge in [-0.3, -0.25) is 4.79 Å². The van der Waals surface area contributed by atoms with Gasteiger partial charge in [0.2, 0.25) is 11.9 Å². The molecule has 1 amide bonds. The first kappa shape index (κ1) is 15.5. The van der Waals surface area contributed by atoms with Crippen LogP contribution in [-0.2, 0) is 11.3 Å². The molecule has 2 saturated heterocycles. The lowest BCUT2D eigenvalue weighted by Crippen LogP contribution is -2.31. The normalized spacial score (nSPS) is 23.7. The lowest BCUT2D eigenvalue weighted by Gasteiger charge is -2.24. The van der Waals surface area contributed by atoms with Crippen LogP contribution in [0.1, 0.15) is 29.1 Å². The predicted molar refractivity (Wildman–Crippen MR) is 92.9 cm³/mol. The Labute approximate surface area is 145 Å². The number of carbonyl (C=O) groups excluding carboxylic acids is 1. The molecule has 0 aromatic carbocycles. The first-order valence-corrected chi connectivity index (χ1v) is 9.13. The molecule has 0 aliphatic carbocycles. The number of hydrogen-bond acceptors (Lipinski definition) is 6. The zero-order chi connectivity index (χ0) is 16.7. The fourth-order valence-electron chi connectivity index (χ4n) is 3.73. The summed E-state index contributed by atoms with van der Waals surface area (Å²) in [5, 5.41) is 3.10. The molecular formula is C17H21N5OS. The summed E-state index contributed by atoms with van der Waals surface area (Å²) in [7, 11) is 0. The Balaban J connectivity index is 1.45. The van der Waals surface area contributed by atoms with Crippen LogP contribution in [0, 0.1) is 19.3 Å². The summed E-state index contributed by atoms with van der Waals surface area (Å²) in [6.07, 6.45) is 5.34. The molecule has 0 radical (unpaired) electrons. The first-order valence-electron chi connectivity index (χ1n) is 8.25. The quantitative estimate of drug-likeness (QED) is 0.855. The van der Waals surface area contributed by atoms with Crippen molar-refractivity contribution in [2.75, 3.05) is 24.5 Å². The fourth-order valence-corrected chi connectivity index (χ4v) is 4.33. The van der Waals surface area contributed by atoms with Crippen LogP contribution in [0.15, 0.2) is 17.8 Å². The van der Waals surface area contributed by atoms with Gasteiger partial charge >= 0.3 is 0 Å². The molecule has 2 aliphatic heterocycles. The van der Waals surface area contributed by atoms with E-state index in [2.05, 4.69) is 25.2 Å². The van der Waals surface area contributed by atoms with Crippen LogP contribution in [0.5, 0.6) is 0 Å². The molecular weight excluding hydrogens is 322 g/mol. The van der Waals surface area contributed by atoms with Crippen molar-refractivity contribution in [1.82, 2.24) is 19.9 Å². The van der Waals surface area contributed by atoms with E-state index in [4.69, 9.17) is 0 Å². The summed E-state index contributed by atoms with van der Waals surface area (Å²) >= 11 is 1.64. The van der Waals surface area contributed by atoms with Crippen LogP contribution < -0.4 is 4.90 Å². The van der Waals surface area contributed by atoms with Crippen molar-refractivity contribution >= 4 is 23.2 Å². The van der Waals surface area contributed by atoms with Gasteiger partial charge in [0.25, 0.3) is 0 Å². The van der Waals surface area contributed by atoms with Gasteiger partial charge in [-0.05, 0) is 25.8 Å². The van der Waals surface area contributed by atoms with Gasteiger partial charge < -0.3 is 9.80 Å². The summed E-state index contributed by atoms with van der Waals surface area (Å²) in [4.78, 5) is 30.0. The molecule has 126 valence electrons. The van der Waals surface area contributed by atoms with E-state index in [0.717, 1.165) is 48.3 Å². The topological polar surface area (TPSA) is 62.2 Å². The molecule has 7 heteroatoms. The van der Waals surface area contributed by atoms with E-state index in [1.165, 1.54) is 0 Å². The van der Waals surface area contributed by atoms with Crippen molar-refractivity contribution < 1.29 is 4.79 Å². The average Bonchev–Trinajstić information content (AvgIpc) is 3.22. The molecule has 2 fully saturated rings. The van der Waals surface area contributed by atoms with Gasteiger partial charge in [-0.2, -0.15) is 0 Å². The summed E-state index contributed by atoms with van der Waals surface area (Å²) in [6.45, 7) is 7.20. The molecule has 2 aliphatic rings. The van der Waals surface area contributed by atoms with Crippen LogP contribution in [0.3, 0.4) is 0 Å². The highest BCUT2D eigenvalue weighted by molar-refractivity contribution is 7.09. The molecule has 0 saturated carbocycles. The molecule has 24 heavy (non-hydrogen) atoms. The number of rotatable bonds is 3. The first-order chi connectivity index (χ1) is 11.5. The van der Waals surface area contributed by atoms with Gasteiger partial charge in [0.15, 0.2) is 0 Å². The Morgan fingerprint density at radius 1 is 1.25 bits per heavy atom. The largest absolute Gasteiger partial charge is 0.340 e. The number of aryl methyl sites for hydroxylation is 2. The minimum absolute atomic E-state index is 0.0381. The Kier molecular flexibility index (Phi) is 3.75. The standard InChI is InChI=1S/C17H21N5OS/c1-12-6-18-16(19-7-12)21-4-3-17(10-21)5-15(23)22(11-17)8-14-9-24-13(2)20-14/h6-7,9H,3-5,8,10-11H2,1-2H3/t17-/m1/s1. The Hall–Kier alpha value is -2.02. The van der Waals surface area contributed by atoms with Crippen molar-refractivity contribution in [2.24, 2.45) is 5.41 Å². The third-order valence-electron chi connectivity index (χ3n) is 4.91. The van der Waals surface area contributed by atoms with Crippen LogP contribution in [0.4, 0.5) is 5.95 Å². The van der Waals surface area contributed by atoms with E-state index in [-0.39, 0.29) is 11.3 Å². The number of likely N-dealkylation sites (tertiary alicyclic amines) is 1. The second kappa shape index (κ2) is 5.81. The second-order valence-corrected chi connectivity index (χ2v) is 8.08. The van der Waals surface area contributed by atoms with Crippen molar-refractivity contribution in [1.29, 1.82) is 0 Å². The van der Waals surface area contributed by atoms with Crippen LogP contribution in [0.25, 0.3) is 0 Å². The molecule has 2 aromatic heterocycles. The smallest absolute Gasteiger partial charge is 0.225 e. The second-order valence-electron chi connectivity index (χ2n) is 7.02. The lowest BCUT2D eigenvalue weighted by atomic mass is 9.86. The molecule has 1 atom stereocenters. The number of hydrogen-bond donors (Lipinski definition) is 0. The number of aromatic nitrogens is 3. The van der Waals surface area contributed by atoms with Crippen molar-refractivity contribution in [3.05, 3.63) is 34.0 Å². The van der Waals surface area contributed by atoms with Crippen LogP contribution in [0.2, 0.25) is 0 Å². The molecule has 0 N–H and O–H groups in total.